The fraction of sp³-hybridized carbons (Fsp3) is 0.375. The first-order valence-corrected chi connectivity index (χ1v) is 8.24. The Kier molecular flexibility index (Phi) is 4.69. The third-order valence-corrected chi connectivity index (χ3v) is 4.84. The van der Waals surface area contributed by atoms with Crippen LogP contribution in [0.1, 0.15) is 40.8 Å². The van der Waals surface area contributed by atoms with E-state index in [1.54, 1.807) is 0 Å². The second kappa shape index (κ2) is 6.10. The van der Waals surface area contributed by atoms with Gasteiger partial charge >= 0.3 is 0 Å². The van der Waals surface area contributed by atoms with Crippen molar-refractivity contribution in [2.75, 3.05) is 5.32 Å². The quantitative estimate of drug-likeness (QED) is 0.736. The van der Waals surface area contributed by atoms with Gasteiger partial charge in [0.05, 0.1) is 0 Å². The molecule has 0 saturated heterocycles. The van der Waals surface area contributed by atoms with Gasteiger partial charge in [-0.15, -0.1) is 11.3 Å². The molecule has 102 valence electrons. The van der Waals surface area contributed by atoms with Crippen molar-refractivity contribution in [1.82, 2.24) is 0 Å². The summed E-state index contributed by atoms with van der Waals surface area (Å²) in [7, 11) is 0. The Balaban J connectivity index is 2.23. The van der Waals surface area contributed by atoms with Gasteiger partial charge in [0.25, 0.3) is 0 Å². The van der Waals surface area contributed by atoms with Crippen molar-refractivity contribution in [3.05, 3.63) is 49.6 Å². The van der Waals surface area contributed by atoms with E-state index in [0.29, 0.717) is 6.04 Å². The van der Waals surface area contributed by atoms with E-state index >= 15 is 0 Å². The monoisotopic (exact) mass is 337 g/mol. The number of hydrogen-bond acceptors (Lipinski definition) is 2. The zero-order valence-electron chi connectivity index (χ0n) is 11.9. The van der Waals surface area contributed by atoms with Crippen LogP contribution >= 0.6 is 27.3 Å². The predicted molar refractivity (Wildman–Crippen MR) is 89.4 cm³/mol. The van der Waals surface area contributed by atoms with Gasteiger partial charge in [-0.3, -0.25) is 0 Å². The van der Waals surface area contributed by atoms with Gasteiger partial charge in [0.15, 0.2) is 0 Å². The first-order chi connectivity index (χ1) is 9.01. The van der Waals surface area contributed by atoms with Crippen molar-refractivity contribution in [2.24, 2.45) is 0 Å². The Morgan fingerprint density at radius 2 is 2.00 bits per heavy atom. The van der Waals surface area contributed by atoms with E-state index in [2.05, 4.69) is 73.2 Å². The lowest BCUT2D eigenvalue weighted by Crippen LogP contribution is -2.08. The first-order valence-electron chi connectivity index (χ1n) is 6.63. The lowest BCUT2D eigenvalue weighted by atomic mass is 10.1. The molecule has 1 aromatic heterocycles. The Bertz CT molecular complexity index is 574. The Morgan fingerprint density at radius 1 is 1.26 bits per heavy atom. The standard InChI is InChI=1S/C16H20BrNS/c1-5-13-9-14(17)6-7-16(13)18-11(3)15-8-10(2)19-12(15)4/h6-9,11,18H,5H2,1-4H3. The summed E-state index contributed by atoms with van der Waals surface area (Å²) < 4.78 is 1.14. The molecular formula is C16H20BrNS. The minimum Gasteiger partial charge on any atom is -0.378 e. The number of thiophene rings is 1. The zero-order chi connectivity index (χ0) is 14.0. The van der Waals surface area contributed by atoms with Gasteiger partial charge in [-0.2, -0.15) is 0 Å². The molecule has 0 fully saturated rings. The van der Waals surface area contributed by atoms with Crippen LogP contribution < -0.4 is 5.32 Å². The summed E-state index contributed by atoms with van der Waals surface area (Å²) in [5.74, 6) is 0. The van der Waals surface area contributed by atoms with Crippen LogP contribution in [0.25, 0.3) is 0 Å². The fourth-order valence-electron chi connectivity index (χ4n) is 2.39. The molecule has 0 saturated carbocycles. The number of halogens is 1. The highest BCUT2D eigenvalue weighted by atomic mass is 79.9. The third-order valence-electron chi connectivity index (χ3n) is 3.37. The topological polar surface area (TPSA) is 12.0 Å². The highest BCUT2D eigenvalue weighted by Gasteiger charge is 2.12. The smallest absolute Gasteiger partial charge is 0.0496 e. The molecule has 0 bridgehead atoms. The number of aryl methyl sites for hydroxylation is 3. The van der Waals surface area contributed by atoms with E-state index in [1.165, 1.54) is 26.6 Å². The molecule has 19 heavy (non-hydrogen) atoms. The van der Waals surface area contributed by atoms with Crippen LogP contribution in [0.15, 0.2) is 28.7 Å². The van der Waals surface area contributed by atoms with Gasteiger partial charge in [0.1, 0.15) is 0 Å². The van der Waals surface area contributed by atoms with Gasteiger partial charge in [-0.05, 0) is 62.6 Å². The van der Waals surface area contributed by atoms with Crippen LogP contribution in [0.2, 0.25) is 0 Å². The number of nitrogens with one attached hydrogen (secondary N) is 1. The molecular weight excluding hydrogens is 318 g/mol. The summed E-state index contributed by atoms with van der Waals surface area (Å²) in [6.07, 6.45) is 1.04. The maximum Gasteiger partial charge on any atom is 0.0496 e. The van der Waals surface area contributed by atoms with E-state index < -0.39 is 0 Å². The van der Waals surface area contributed by atoms with E-state index in [9.17, 15) is 0 Å². The average molecular weight is 338 g/mol. The van der Waals surface area contributed by atoms with Gasteiger partial charge < -0.3 is 5.32 Å². The molecule has 1 atom stereocenters. The number of benzene rings is 1. The number of anilines is 1. The molecule has 0 radical (unpaired) electrons. The molecule has 1 unspecified atom stereocenters. The van der Waals surface area contributed by atoms with Crippen molar-refractivity contribution < 1.29 is 0 Å². The summed E-state index contributed by atoms with van der Waals surface area (Å²) in [6, 6.07) is 9.09. The van der Waals surface area contributed by atoms with Crippen LogP contribution in [-0.2, 0) is 6.42 Å². The first kappa shape index (κ1) is 14.6. The summed E-state index contributed by atoms with van der Waals surface area (Å²) in [4.78, 5) is 2.79. The van der Waals surface area contributed by atoms with E-state index in [-0.39, 0.29) is 0 Å². The molecule has 0 amide bonds. The van der Waals surface area contributed by atoms with Crippen LogP contribution in [0, 0.1) is 13.8 Å². The molecule has 1 aromatic carbocycles. The minimum atomic E-state index is 0.344. The number of hydrogen-bond donors (Lipinski definition) is 1. The van der Waals surface area contributed by atoms with Crippen molar-refractivity contribution in [2.45, 2.75) is 40.2 Å². The highest BCUT2D eigenvalue weighted by molar-refractivity contribution is 9.10. The Labute approximate surface area is 128 Å². The molecule has 0 aliphatic carbocycles. The predicted octanol–water partition coefficient (Wildman–Crippen LogP) is 5.86. The molecule has 1 nitrogen and oxygen atoms in total. The van der Waals surface area contributed by atoms with Gasteiger partial charge in [-0.1, -0.05) is 22.9 Å². The Morgan fingerprint density at radius 3 is 2.58 bits per heavy atom. The second-order valence-electron chi connectivity index (χ2n) is 4.89. The maximum absolute atomic E-state index is 3.64. The summed E-state index contributed by atoms with van der Waals surface area (Å²) >= 11 is 5.41. The van der Waals surface area contributed by atoms with Gasteiger partial charge in [-0.25, -0.2) is 0 Å². The molecule has 3 heteroatoms. The highest BCUT2D eigenvalue weighted by Crippen LogP contribution is 2.30. The third kappa shape index (κ3) is 3.40. The van der Waals surface area contributed by atoms with Crippen LogP contribution in [0.3, 0.4) is 0 Å². The number of rotatable bonds is 4. The van der Waals surface area contributed by atoms with Crippen molar-refractivity contribution >= 4 is 33.0 Å². The van der Waals surface area contributed by atoms with E-state index in [4.69, 9.17) is 0 Å². The van der Waals surface area contributed by atoms with Crippen LogP contribution in [0.4, 0.5) is 5.69 Å². The normalized spacial score (nSPS) is 12.5. The average Bonchev–Trinajstić information content (AvgIpc) is 2.70. The maximum atomic E-state index is 3.64. The van der Waals surface area contributed by atoms with E-state index in [1.807, 2.05) is 11.3 Å². The molecule has 0 aliphatic rings. The summed E-state index contributed by atoms with van der Waals surface area (Å²) in [6.45, 7) is 8.80. The summed E-state index contributed by atoms with van der Waals surface area (Å²) in [5.41, 5.74) is 4.00. The van der Waals surface area contributed by atoms with Crippen molar-refractivity contribution in [1.29, 1.82) is 0 Å². The zero-order valence-corrected chi connectivity index (χ0v) is 14.3. The molecule has 0 aliphatic heterocycles. The Hall–Kier alpha value is -0.800. The van der Waals surface area contributed by atoms with Crippen molar-refractivity contribution in [3.63, 3.8) is 0 Å². The lowest BCUT2D eigenvalue weighted by Gasteiger charge is -2.18. The van der Waals surface area contributed by atoms with Crippen LogP contribution in [0.5, 0.6) is 0 Å². The second-order valence-corrected chi connectivity index (χ2v) is 7.27. The van der Waals surface area contributed by atoms with Gasteiger partial charge in [0.2, 0.25) is 0 Å². The minimum absolute atomic E-state index is 0.344. The molecule has 2 rings (SSSR count). The summed E-state index contributed by atoms with van der Waals surface area (Å²) in [5, 5.41) is 3.64. The molecule has 1 heterocycles. The largest absolute Gasteiger partial charge is 0.378 e. The van der Waals surface area contributed by atoms with E-state index in [0.717, 1.165) is 10.9 Å². The molecule has 2 aromatic rings. The fourth-order valence-corrected chi connectivity index (χ4v) is 3.82. The SMILES string of the molecule is CCc1cc(Br)ccc1NC(C)c1cc(C)sc1C. The van der Waals surface area contributed by atoms with Crippen molar-refractivity contribution in [3.8, 4) is 0 Å². The lowest BCUT2D eigenvalue weighted by molar-refractivity contribution is 0.876. The molecule has 1 N–H and O–H groups in total. The van der Waals surface area contributed by atoms with Gasteiger partial charge in [0, 0.05) is 26.0 Å². The molecule has 0 spiro atoms. The van der Waals surface area contributed by atoms with Crippen LogP contribution in [-0.4, -0.2) is 0 Å².